The second-order valence-electron chi connectivity index (χ2n) is 5.02. The molecule has 0 amide bonds. The van der Waals surface area contributed by atoms with Crippen LogP contribution in [0.2, 0.25) is 5.15 Å². The van der Waals surface area contributed by atoms with Crippen LogP contribution in [-0.4, -0.2) is 27.2 Å². The Balaban J connectivity index is 2.36. The van der Waals surface area contributed by atoms with Gasteiger partial charge in [0.1, 0.15) is 5.15 Å². The van der Waals surface area contributed by atoms with Crippen molar-refractivity contribution >= 4 is 40.7 Å². The van der Waals surface area contributed by atoms with E-state index >= 15 is 0 Å². The second-order valence-corrected chi connectivity index (χ2v) is 7.10. The highest BCUT2D eigenvalue weighted by molar-refractivity contribution is 7.98. The third-order valence-corrected chi connectivity index (χ3v) is 5.31. The van der Waals surface area contributed by atoms with E-state index in [-0.39, 0.29) is 5.15 Å². The van der Waals surface area contributed by atoms with Crippen LogP contribution in [0.5, 0.6) is 0 Å². The van der Waals surface area contributed by atoms with Crippen molar-refractivity contribution in [2.75, 3.05) is 6.26 Å². The zero-order valence-corrected chi connectivity index (χ0v) is 15.9. The molecule has 25 heavy (non-hydrogen) atoms. The zero-order chi connectivity index (χ0) is 17.9. The molecule has 128 valence electrons. The first-order valence-electron chi connectivity index (χ1n) is 7.30. The maximum Gasteiger partial charge on any atom is 0.304 e. The van der Waals surface area contributed by atoms with Crippen LogP contribution in [0.3, 0.4) is 0 Å². The predicted octanol–water partition coefficient (Wildman–Crippen LogP) is 4.16. The summed E-state index contributed by atoms with van der Waals surface area (Å²) >= 11 is 9.25. The number of thioether (sulfide) groups is 1. The maximum absolute atomic E-state index is 12.0. The van der Waals surface area contributed by atoms with Gasteiger partial charge in [0, 0.05) is 24.9 Å². The van der Waals surface area contributed by atoms with Gasteiger partial charge in [-0.2, -0.15) is 0 Å². The molecule has 0 aliphatic heterocycles. The zero-order valence-electron chi connectivity index (χ0n) is 13.5. The Hall–Kier alpha value is -1.96. The molecule has 3 aromatic heterocycles. The predicted molar refractivity (Wildman–Crippen MR) is 99.0 cm³/mol. The van der Waals surface area contributed by atoms with Crippen LogP contribution in [0, 0.1) is 0 Å². The van der Waals surface area contributed by atoms with Crippen LogP contribution >= 0.6 is 34.7 Å². The van der Waals surface area contributed by atoms with E-state index in [9.17, 15) is 4.79 Å². The van der Waals surface area contributed by atoms with E-state index < -0.39 is 11.6 Å². The van der Waals surface area contributed by atoms with Gasteiger partial charge >= 0.3 is 5.97 Å². The highest BCUT2D eigenvalue weighted by Gasteiger charge is 2.44. The molecule has 0 radical (unpaired) electrons. The average Bonchev–Trinajstić information content (AvgIpc) is 3.15. The van der Waals surface area contributed by atoms with Gasteiger partial charge in [0.2, 0.25) is 5.60 Å². The first kappa shape index (κ1) is 17.8. The Bertz CT molecular complexity index is 889. The van der Waals surface area contributed by atoms with Crippen LogP contribution in [0.1, 0.15) is 23.1 Å². The van der Waals surface area contributed by atoms with Gasteiger partial charge in [0.05, 0.1) is 10.6 Å². The van der Waals surface area contributed by atoms with Gasteiger partial charge in [0.15, 0.2) is 5.16 Å². The van der Waals surface area contributed by atoms with Crippen LogP contribution < -0.4 is 0 Å². The highest BCUT2D eigenvalue weighted by atomic mass is 35.5. The molecular formula is C17H14ClN3O2S2. The van der Waals surface area contributed by atoms with Crippen LogP contribution in [0.4, 0.5) is 0 Å². The van der Waals surface area contributed by atoms with E-state index in [1.807, 2.05) is 23.8 Å². The van der Waals surface area contributed by atoms with E-state index in [2.05, 4.69) is 15.0 Å². The number of esters is 1. The van der Waals surface area contributed by atoms with Gasteiger partial charge in [-0.15, -0.1) is 11.3 Å². The van der Waals surface area contributed by atoms with Crippen molar-refractivity contribution in [3.8, 4) is 0 Å². The Morgan fingerprint density at radius 2 is 2.08 bits per heavy atom. The fourth-order valence-corrected chi connectivity index (χ4v) is 4.02. The summed E-state index contributed by atoms with van der Waals surface area (Å²) in [4.78, 5) is 25.8. The summed E-state index contributed by atoms with van der Waals surface area (Å²) in [6, 6.07) is 9.05. The first-order valence-corrected chi connectivity index (χ1v) is 9.78. The van der Waals surface area contributed by atoms with Crippen LogP contribution in [0.25, 0.3) is 0 Å². The third kappa shape index (κ3) is 3.40. The molecule has 0 fully saturated rings. The topological polar surface area (TPSA) is 65.0 Å². The molecule has 3 aromatic rings. The first-order chi connectivity index (χ1) is 12.1. The van der Waals surface area contributed by atoms with Crippen LogP contribution in [0.15, 0.2) is 53.3 Å². The summed E-state index contributed by atoms with van der Waals surface area (Å²) in [6.07, 6.45) is 5.12. The second kappa shape index (κ2) is 7.51. The molecule has 0 aliphatic carbocycles. The quantitative estimate of drug-likeness (QED) is 0.281. The number of hydrogen-bond donors (Lipinski definition) is 0. The lowest BCUT2D eigenvalue weighted by molar-refractivity contribution is -0.150. The van der Waals surface area contributed by atoms with Gasteiger partial charge in [-0.1, -0.05) is 29.4 Å². The minimum Gasteiger partial charge on any atom is -0.442 e. The molecule has 0 spiro atoms. The monoisotopic (exact) mass is 391 g/mol. The van der Waals surface area contributed by atoms with Crippen molar-refractivity contribution in [2.24, 2.45) is 0 Å². The molecule has 5 nitrogen and oxygen atoms in total. The highest BCUT2D eigenvalue weighted by Crippen LogP contribution is 2.44. The number of pyridine rings is 1. The maximum atomic E-state index is 12.0. The van der Waals surface area contributed by atoms with E-state index in [1.165, 1.54) is 30.0 Å². The standard InChI is InChI=1S/C17H14ClN3O2S2/c1-11(22)23-17(14-6-4-10-25-14,12-5-3-8-19-15(12)18)13-7-9-20-16(21-13)24-2/h3-10H,1-2H3. The molecule has 0 aromatic carbocycles. The minimum atomic E-state index is -1.28. The molecule has 0 N–H and O–H groups in total. The largest absolute Gasteiger partial charge is 0.442 e. The molecule has 0 saturated carbocycles. The van der Waals surface area contributed by atoms with Crippen molar-refractivity contribution in [3.05, 3.63) is 69.4 Å². The number of ether oxygens (including phenoxy) is 1. The molecule has 0 saturated heterocycles. The summed E-state index contributed by atoms with van der Waals surface area (Å²) in [5.74, 6) is -0.447. The Morgan fingerprint density at radius 3 is 2.72 bits per heavy atom. The van der Waals surface area contributed by atoms with Crippen molar-refractivity contribution < 1.29 is 9.53 Å². The van der Waals surface area contributed by atoms with E-state index in [4.69, 9.17) is 16.3 Å². The summed E-state index contributed by atoms with van der Waals surface area (Å²) in [5.41, 5.74) is -0.196. The van der Waals surface area contributed by atoms with Gasteiger partial charge in [-0.25, -0.2) is 15.0 Å². The smallest absolute Gasteiger partial charge is 0.304 e. The van der Waals surface area contributed by atoms with Gasteiger partial charge < -0.3 is 4.74 Å². The number of hydrogen-bond acceptors (Lipinski definition) is 7. The summed E-state index contributed by atoms with van der Waals surface area (Å²) in [6.45, 7) is 1.36. The number of halogens is 1. The number of rotatable bonds is 5. The lowest BCUT2D eigenvalue weighted by Crippen LogP contribution is -2.35. The molecular weight excluding hydrogens is 378 g/mol. The summed E-state index contributed by atoms with van der Waals surface area (Å²) in [5, 5.41) is 2.74. The van der Waals surface area contributed by atoms with Crippen molar-refractivity contribution in [2.45, 2.75) is 17.7 Å². The SMILES string of the molecule is CSc1nccc(C(OC(C)=O)(c2cccs2)c2cccnc2Cl)n1. The molecule has 3 heterocycles. The average molecular weight is 392 g/mol. The lowest BCUT2D eigenvalue weighted by atomic mass is 9.89. The molecule has 1 atom stereocenters. The van der Waals surface area contributed by atoms with Gasteiger partial charge in [-0.3, -0.25) is 4.79 Å². The number of carbonyl (C=O) groups is 1. The number of carbonyl (C=O) groups excluding carboxylic acids is 1. The number of aromatic nitrogens is 3. The van der Waals surface area contributed by atoms with Crippen molar-refractivity contribution in [1.29, 1.82) is 0 Å². The molecule has 3 rings (SSSR count). The van der Waals surface area contributed by atoms with E-state index in [0.29, 0.717) is 16.4 Å². The van der Waals surface area contributed by atoms with Crippen molar-refractivity contribution in [3.63, 3.8) is 0 Å². The van der Waals surface area contributed by atoms with Gasteiger partial charge in [-0.05, 0) is 35.9 Å². The van der Waals surface area contributed by atoms with E-state index in [1.54, 1.807) is 30.6 Å². The lowest BCUT2D eigenvalue weighted by Gasteiger charge is -2.32. The number of nitrogens with zero attached hydrogens (tertiary/aromatic N) is 3. The third-order valence-electron chi connectivity index (χ3n) is 3.48. The van der Waals surface area contributed by atoms with Crippen molar-refractivity contribution in [1.82, 2.24) is 15.0 Å². The van der Waals surface area contributed by atoms with Crippen LogP contribution in [-0.2, 0) is 15.1 Å². The molecule has 0 aliphatic rings. The molecule has 8 heteroatoms. The minimum absolute atomic E-state index is 0.251. The molecule has 1 unspecified atom stereocenters. The fraction of sp³-hybridized carbons (Fsp3) is 0.176. The summed E-state index contributed by atoms with van der Waals surface area (Å²) < 4.78 is 5.88. The van der Waals surface area contributed by atoms with Gasteiger partial charge in [0.25, 0.3) is 0 Å². The fourth-order valence-electron chi connectivity index (χ4n) is 2.53. The summed E-state index contributed by atoms with van der Waals surface area (Å²) in [7, 11) is 0. The Labute approximate surface area is 158 Å². The molecule has 0 bridgehead atoms. The number of thiophene rings is 1. The van der Waals surface area contributed by atoms with E-state index in [0.717, 1.165) is 4.88 Å². The normalized spacial score (nSPS) is 13.2. The Kier molecular flexibility index (Phi) is 5.36. The Morgan fingerprint density at radius 1 is 1.24 bits per heavy atom.